The van der Waals surface area contributed by atoms with Crippen molar-refractivity contribution >= 4 is 35.0 Å². The number of aromatic nitrogens is 3. The summed E-state index contributed by atoms with van der Waals surface area (Å²) in [5, 5.41) is 9.41. The normalized spacial score (nSPS) is 10.3. The number of halogens is 2. The number of thioether (sulfide) groups is 1. The molecule has 2 aromatic rings. The van der Waals surface area contributed by atoms with Crippen molar-refractivity contribution in [3.8, 4) is 0 Å². The molecule has 0 saturated heterocycles. The average molecular weight is 287 g/mol. The lowest BCUT2D eigenvalue weighted by Crippen LogP contribution is -2.14. The molecule has 0 saturated carbocycles. The molecule has 1 aromatic heterocycles. The van der Waals surface area contributed by atoms with Crippen molar-refractivity contribution in [2.45, 2.75) is 5.16 Å². The first kappa shape index (κ1) is 12.8. The molecule has 0 radical (unpaired) electrons. The van der Waals surface area contributed by atoms with Crippen LogP contribution in [0.25, 0.3) is 0 Å². The predicted octanol–water partition coefficient (Wildman–Crippen LogP) is 2.33. The molecule has 0 spiro atoms. The predicted molar refractivity (Wildman–Crippen MR) is 67.1 cm³/mol. The molecule has 0 aliphatic rings. The van der Waals surface area contributed by atoms with Crippen molar-refractivity contribution in [1.82, 2.24) is 15.2 Å². The Morgan fingerprint density at radius 2 is 2.39 bits per heavy atom. The second-order valence-corrected chi connectivity index (χ2v) is 4.63. The zero-order valence-corrected chi connectivity index (χ0v) is 10.6. The lowest BCUT2D eigenvalue weighted by atomic mass is 10.3. The molecule has 94 valence electrons. The molecule has 1 heterocycles. The number of carbonyl (C=O) groups is 1. The van der Waals surface area contributed by atoms with E-state index in [4.69, 9.17) is 11.6 Å². The Bertz CT molecular complexity index is 549. The Balaban J connectivity index is 1.88. The number of H-pyrrole nitrogens is 1. The van der Waals surface area contributed by atoms with Gasteiger partial charge in [0.15, 0.2) is 5.16 Å². The maximum absolute atomic E-state index is 12.9. The van der Waals surface area contributed by atoms with Crippen LogP contribution >= 0.6 is 23.4 Å². The standard InChI is InChI=1S/C10H8ClFN4OS/c11-7-3-6(1-2-8(7)12)15-9(17)4-18-10-13-5-14-16-10/h1-3,5H,4H2,(H,15,17)(H,13,14,16). The van der Waals surface area contributed by atoms with E-state index in [1.807, 2.05) is 0 Å². The number of hydrogen-bond acceptors (Lipinski definition) is 4. The van der Waals surface area contributed by atoms with Crippen LogP contribution in [0.2, 0.25) is 5.02 Å². The second-order valence-electron chi connectivity index (χ2n) is 3.26. The zero-order valence-electron chi connectivity index (χ0n) is 8.98. The smallest absolute Gasteiger partial charge is 0.234 e. The lowest BCUT2D eigenvalue weighted by molar-refractivity contribution is -0.113. The SMILES string of the molecule is O=C(CSc1ncn[nH]1)Nc1ccc(F)c(Cl)c1. The van der Waals surface area contributed by atoms with Crippen LogP contribution in [0.1, 0.15) is 0 Å². The number of aromatic amines is 1. The molecule has 2 rings (SSSR count). The highest BCUT2D eigenvalue weighted by Gasteiger charge is 2.07. The quantitative estimate of drug-likeness (QED) is 0.846. The number of nitrogens with zero attached hydrogens (tertiary/aromatic N) is 2. The third-order valence-corrected chi connectivity index (χ3v) is 3.10. The molecule has 18 heavy (non-hydrogen) atoms. The van der Waals surface area contributed by atoms with Gasteiger partial charge in [0.05, 0.1) is 10.8 Å². The molecule has 0 aliphatic heterocycles. The van der Waals surface area contributed by atoms with Crippen LogP contribution in [-0.2, 0) is 4.79 Å². The van der Waals surface area contributed by atoms with Gasteiger partial charge in [0.1, 0.15) is 12.1 Å². The Morgan fingerprint density at radius 1 is 1.56 bits per heavy atom. The Labute approximate surface area is 111 Å². The summed E-state index contributed by atoms with van der Waals surface area (Å²) >= 11 is 6.81. The van der Waals surface area contributed by atoms with Gasteiger partial charge in [-0.05, 0) is 18.2 Å². The van der Waals surface area contributed by atoms with E-state index in [2.05, 4.69) is 20.5 Å². The van der Waals surface area contributed by atoms with E-state index in [1.54, 1.807) is 0 Å². The molecule has 0 bridgehead atoms. The largest absolute Gasteiger partial charge is 0.325 e. The van der Waals surface area contributed by atoms with E-state index in [0.29, 0.717) is 10.8 Å². The van der Waals surface area contributed by atoms with E-state index in [-0.39, 0.29) is 16.7 Å². The van der Waals surface area contributed by atoms with Crippen LogP contribution in [0.4, 0.5) is 10.1 Å². The van der Waals surface area contributed by atoms with Gasteiger partial charge in [0, 0.05) is 5.69 Å². The molecule has 1 aromatic carbocycles. The number of anilines is 1. The fourth-order valence-electron chi connectivity index (χ4n) is 1.17. The number of rotatable bonds is 4. The van der Waals surface area contributed by atoms with Crippen LogP contribution in [0, 0.1) is 5.82 Å². The average Bonchev–Trinajstić information content (AvgIpc) is 2.84. The molecule has 8 heteroatoms. The van der Waals surface area contributed by atoms with Crippen molar-refractivity contribution in [2.24, 2.45) is 0 Å². The zero-order chi connectivity index (χ0) is 13.0. The van der Waals surface area contributed by atoms with E-state index in [9.17, 15) is 9.18 Å². The summed E-state index contributed by atoms with van der Waals surface area (Å²) < 4.78 is 12.9. The number of benzene rings is 1. The second kappa shape index (κ2) is 5.83. The summed E-state index contributed by atoms with van der Waals surface area (Å²) in [6.45, 7) is 0. The van der Waals surface area contributed by atoms with Crippen molar-refractivity contribution in [3.05, 3.63) is 35.4 Å². The van der Waals surface area contributed by atoms with E-state index >= 15 is 0 Å². The minimum absolute atomic E-state index is 0.0318. The third-order valence-electron chi connectivity index (χ3n) is 1.94. The van der Waals surface area contributed by atoms with Gasteiger partial charge in [-0.2, -0.15) is 5.10 Å². The first-order valence-electron chi connectivity index (χ1n) is 4.88. The highest BCUT2D eigenvalue weighted by molar-refractivity contribution is 7.99. The molecular weight excluding hydrogens is 279 g/mol. The van der Waals surface area contributed by atoms with Gasteiger partial charge >= 0.3 is 0 Å². The molecule has 0 atom stereocenters. The number of amides is 1. The first-order valence-corrected chi connectivity index (χ1v) is 6.24. The van der Waals surface area contributed by atoms with Gasteiger partial charge in [-0.15, -0.1) is 0 Å². The minimum Gasteiger partial charge on any atom is -0.325 e. The maximum Gasteiger partial charge on any atom is 0.234 e. The summed E-state index contributed by atoms with van der Waals surface area (Å²) in [6.07, 6.45) is 1.36. The molecule has 1 amide bonds. The van der Waals surface area contributed by atoms with Crippen LogP contribution in [-0.4, -0.2) is 26.8 Å². The van der Waals surface area contributed by atoms with Crippen molar-refractivity contribution in [1.29, 1.82) is 0 Å². The molecule has 5 nitrogen and oxygen atoms in total. The highest BCUT2D eigenvalue weighted by Crippen LogP contribution is 2.19. The van der Waals surface area contributed by atoms with Crippen molar-refractivity contribution < 1.29 is 9.18 Å². The van der Waals surface area contributed by atoms with Crippen LogP contribution in [0.5, 0.6) is 0 Å². The summed E-state index contributed by atoms with van der Waals surface area (Å²) in [6, 6.07) is 3.99. The monoisotopic (exact) mass is 286 g/mol. The molecule has 0 aliphatic carbocycles. The summed E-state index contributed by atoms with van der Waals surface area (Å²) in [5.74, 6) is -0.589. The molecule has 0 fully saturated rings. The number of nitrogens with one attached hydrogen (secondary N) is 2. The highest BCUT2D eigenvalue weighted by atomic mass is 35.5. The van der Waals surface area contributed by atoms with Crippen LogP contribution in [0.15, 0.2) is 29.7 Å². The number of carbonyl (C=O) groups excluding carboxylic acids is 1. The number of hydrogen-bond donors (Lipinski definition) is 2. The van der Waals surface area contributed by atoms with Crippen LogP contribution in [0.3, 0.4) is 0 Å². The minimum atomic E-state index is -0.522. The Hall–Kier alpha value is -1.60. The fraction of sp³-hybridized carbons (Fsp3) is 0.100. The first-order chi connectivity index (χ1) is 8.65. The van der Waals surface area contributed by atoms with E-state index in [0.717, 1.165) is 0 Å². The lowest BCUT2D eigenvalue weighted by Gasteiger charge is -2.04. The molecular formula is C10H8ClFN4OS. The van der Waals surface area contributed by atoms with Gasteiger partial charge in [-0.3, -0.25) is 9.89 Å². The molecule has 2 N–H and O–H groups in total. The summed E-state index contributed by atoms with van der Waals surface area (Å²) in [7, 11) is 0. The van der Waals surface area contributed by atoms with Gasteiger partial charge in [-0.25, -0.2) is 9.37 Å². The molecule has 0 unspecified atom stereocenters. The topological polar surface area (TPSA) is 70.7 Å². The van der Waals surface area contributed by atoms with Crippen molar-refractivity contribution in [3.63, 3.8) is 0 Å². The Morgan fingerprint density at radius 3 is 3.06 bits per heavy atom. The van der Waals surface area contributed by atoms with E-state index in [1.165, 1.54) is 36.3 Å². The summed E-state index contributed by atoms with van der Waals surface area (Å²) in [4.78, 5) is 15.4. The van der Waals surface area contributed by atoms with Gasteiger partial charge in [-0.1, -0.05) is 23.4 Å². The maximum atomic E-state index is 12.9. The van der Waals surface area contributed by atoms with Gasteiger partial charge < -0.3 is 5.32 Å². The van der Waals surface area contributed by atoms with Crippen LogP contribution < -0.4 is 5.32 Å². The van der Waals surface area contributed by atoms with Gasteiger partial charge in [0.25, 0.3) is 0 Å². The summed E-state index contributed by atoms with van der Waals surface area (Å²) in [5.41, 5.74) is 0.449. The van der Waals surface area contributed by atoms with E-state index < -0.39 is 5.82 Å². The van der Waals surface area contributed by atoms with Gasteiger partial charge in [0.2, 0.25) is 5.91 Å². The Kier molecular flexibility index (Phi) is 4.16. The fourth-order valence-corrected chi connectivity index (χ4v) is 1.93. The third kappa shape index (κ3) is 3.44. The van der Waals surface area contributed by atoms with Crippen molar-refractivity contribution in [2.75, 3.05) is 11.1 Å².